The zero-order chi connectivity index (χ0) is 21.0. The molecule has 1 saturated heterocycles. The predicted octanol–water partition coefficient (Wildman–Crippen LogP) is 2.82. The van der Waals surface area contributed by atoms with Crippen LogP contribution in [0.2, 0.25) is 0 Å². The highest BCUT2D eigenvalue weighted by atomic mass is 19.1. The zero-order valence-corrected chi connectivity index (χ0v) is 15.9. The molecule has 0 saturated carbocycles. The Hall–Kier alpha value is -3.29. The molecule has 2 N–H and O–H groups in total. The molecule has 2 aromatic carbocycles. The van der Waals surface area contributed by atoms with Gasteiger partial charge < -0.3 is 15.5 Å². The molecule has 3 amide bonds. The van der Waals surface area contributed by atoms with Crippen molar-refractivity contribution in [2.45, 2.75) is 12.8 Å². The van der Waals surface area contributed by atoms with Crippen molar-refractivity contribution in [1.29, 1.82) is 0 Å². The lowest BCUT2D eigenvalue weighted by atomic mass is 9.95. The van der Waals surface area contributed by atoms with Gasteiger partial charge in [0.1, 0.15) is 11.6 Å². The minimum atomic E-state index is -0.897. The normalized spacial score (nSPS) is 14.4. The Morgan fingerprint density at radius 1 is 1.03 bits per heavy atom. The van der Waals surface area contributed by atoms with Crippen LogP contribution in [0.25, 0.3) is 0 Å². The molecule has 0 bridgehead atoms. The van der Waals surface area contributed by atoms with E-state index in [1.54, 1.807) is 24.3 Å². The van der Waals surface area contributed by atoms with Crippen molar-refractivity contribution >= 4 is 23.4 Å². The fourth-order valence-electron chi connectivity index (χ4n) is 3.30. The van der Waals surface area contributed by atoms with Gasteiger partial charge in [0.2, 0.25) is 5.91 Å². The Morgan fingerprint density at radius 3 is 2.41 bits per heavy atom. The number of amides is 3. The van der Waals surface area contributed by atoms with Crippen molar-refractivity contribution in [3.05, 3.63) is 65.2 Å². The molecule has 0 spiro atoms. The van der Waals surface area contributed by atoms with Gasteiger partial charge in [0, 0.05) is 43.4 Å². The second kappa shape index (κ2) is 8.81. The molecule has 1 aliphatic heterocycles. The number of hydrogen-bond donors (Lipinski definition) is 2. The van der Waals surface area contributed by atoms with Crippen molar-refractivity contribution in [3.8, 4) is 0 Å². The van der Waals surface area contributed by atoms with Crippen LogP contribution in [0.1, 0.15) is 33.6 Å². The number of benzene rings is 2. The molecule has 0 aromatic heterocycles. The number of anilines is 1. The van der Waals surface area contributed by atoms with Gasteiger partial charge in [-0.3, -0.25) is 14.4 Å². The third kappa shape index (κ3) is 4.77. The second-order valence-electron chi connectivity index (χ2n) is 6.84. The summed E-state index contributed by atoms with van der Waals surface area (Å²) in [5, 5.41) is 5.32. The molecule has 8 heteroatoms. The summed E-state index contributed by atoms with van der Waals surface area (Å²) in [7, 11) is 1.53. The highest BCUT2D eigenvalue weighted by Gasteiger charge is 2.29. The maximum absolute atomic E-state index is 13.8. The first-order valence-corrected chi connectivity index (χ1v) is 9.26. The summed E-state index contributed by atoms with van der Waals surface area (Å²) >= 11 is 0. The van der Waals surface area contributed by atoms with Crippen LogP contribution < -0.4 is 10.6 Å². The summed E-state index contributed by atoms with van der Waals surface area (Å²) in [4.78, 5) is 38.2. The molecule has 1 heterocycles. The van der Waals surface area contributed by atoms with Gasteiger partial charge in [-0.1, -0.05) is 6.07 Å². The van der Waals surface area contributed by atoms with Crippen LogP contribution in [0.5, 0.6) is 0 Å². The smallest absolute Gasteiger partial charge is 0.256 e. The summed E-state index contributed by atoms with van der Waals surface area (Å²) in [6.45, 7) is 0.595. The number of halogens is 2. The molecule has 1 aliphatic rings. The van der Waals surface area contributed by atoms with Crippen LogP contribution >= 0.6 is 0 Å². The van der Waals surface area contributed by atoms with Gasteiger partial charge in [-0.15, -0.1) is 0 Å². The number of likely N-dealkylation sites (tertiary alicyclic amines) is 1. The van der Waals surface area contributed by atoms with Crippen LogP contribution in [0, 0.1) is 17.6 Å². The van der Waals surface area contributed by atoms with Crippen molar-refractivity contribution in [3.63, 3.8) is 0 Å². The van der Waals surface area contributed by atoms with Crippen LogP contribution in [-0.2, 0) is 4.79 Å². The first-order chi connectivity index (χ1) is 13.9. The highest BCUT2D eigenvalue weighted by molar-refractivity contribution is 5.98. The fraction of sp³-hybridized carbons (Fsp3) is 0.286. The van der Waals surface area contributed by atoms with Crippen molar-refractivity contribution < 1.29 is 23.2 Å². The molecule has 6 nitrogen and oxygen atoms in total. The summed E-state index contributed by atoms with van der Waals surface area (Å²) in [6, 6.07) is 9.47. The molecular formula is C21H21F2N3O3. The van der Waals surface area contributed by atoms with Gasteiger partial charge in [0.25, 0.3) is 11.8 Å². The Kier molecular flexibility index (Phi) is 6.21. The minimum Gasteiger partial charge on any atom is -0.355 e. The Morgan fingerprint density at radius 2 is 1.76 bits per heavy atom. The molecule has 0 aliphatic carbocycles. The molecule has 0 radical (unpaired) electrons. The lowest BCUT2D eigenvalue weighted by molar-refractivity contribution is -0.121. The summed E-state index contributed by atoms with van der Waals surface area (Å²) in [5.41, 5.74) is 0.773. The third-order valence-corrected chi connectivity index (χ3v) is 4.93. The van der Waals surface area contributed by atoms with Gasteiger partial charge in [0.05, 0.1) is 5.56 Å². The van der Waals surface area contributed by atoms with E-state index >= 15 is 0 Å². The molecular weight excluding hydrogens is 380 g/mol. The molecule has 0 unspecified atom stereocenters. The molecule has 29 heavy (non-hydrogen) atoms. The van der Waals surface area contributed by atoms with E-state index in [-0.39, 0.29) is 23.3 Å². The molecule has 152 valence electrons. The first kappa shape index (κ1) is 20.4. The predicted molar refractivity (Wildman–Crippen MR) is 103 cm³/mol. The number of nitrogens with zero attached hydrogens (tertiary/aromatic N) is 1. The van der Waals surface area contributed by atoms with E-state index in [2.05, 4.69) is 10.6 Å². The largest absolute Gasteiger partial charge is 0.355 e. The van der Waals surface area contributed by atoms with E-state index in [1.807, 2.05) is 0 Å². The van der Waals surface area contributed by atoms with E-state index in [9.17, 15) is 23.2 Å². The van der Waals surface area contributed by atoms with Crippen molar-refractivity contribution in [1.82, 2.24) is 10.2 Å². The minimum absolute atomic E-state index is 0.180. The topological polar surface area (TPSA) is 78.5 Å². The first-order valence-electron chi connectivity index (χ1n) is 9.26. The van der Waals surface area contributed by atoms with E-state index in [0.717, 1.165) is 12.1 Å². The standard InChI is InChI=1S/C21H21F2N3O3/c1-24-19(27)14-3-2-4-16(11-14)25-20(28)13-7-9-26(10-8-13)21(29)17-6-5-15(22)12-18(17)23/h2-6,11-13H,7-10H2,1H3,(H,24,27)(H,25,28). The van der Waals surface area contributed by atoms with Gasteiger partial charge in [-0.2, -0.15) is 0 Å². The Balaban J connectivity index is 1.58. The SMILES string of the molecule is CNC(=O)c1cccc(NC(=O)C2CCN(C(=O)c3ccc(F)cc3F)CC2)c1. The van der Waals surface area contributed by atoms with Crippen LogP contribution in [0.4, 0.5) is 14.5 Å². The number of nitrogens with one attached hydrogen (secondary N) is 2. The van der Waals surface area contributed by atoms with Crippen LogP contribution in [0.15, 0.2) is 42.5 Å². The average Bonchev–Trinajstić information content (AvgIpc) is 2.73. The van der Waals surface area contributed by atoms with E-state index in [0.29, 0.717) is 43.2 Å². The molecule has 1 fully saturated rings. The monoisotopic (exact) mass is 401 g/mol. The number of rotatable bonds is 4. The maximum atomic E-state index is 13.8. The van der Waals surface area contributed by atoms with Crippen molar-refractivity contribution in [2.75, 3.05) is 25.5 Å². The molecule has 3 rings (SSSR count). The number of hydrogen-bond acceptors (Lipinski definition) is 3. The lowest BCUT2D eigenvalue weighted by Crippen LogP contribution is -2.41. The highest BCUT2D eigenvalue weighted by Crippen LogP contribution is 2.22. The summed E-state index contributed by atoms with van der Waals surface area (Å²) in [5.74, 6) is -2.90. The number of carbonyl (C=O) groups is 3. The molecule has 0 atom stereocenters. The number of carbonyl (C=O) groups excluding carboxylic acids is 3. The fourth-order valence-corrected chi connectivity index (χ4v) is 3.30. The Bertz CT molecular complexity index is 941. The van der Waals surface area contributed by atoms with E-state index in [1.165, 1.54) is 11.9 Å². The lowest BCUT2D eigenvalue weighted by Gasteiger charge is -2.31. The van der Waals surface area contributed by atoms with Crippen LogP contribution in [0.3, 0.4) is 0 Å². The maximum Gasteiger partial charge on any atom is 0.256 e. The van der Waals surface area contributed by atoms with E-state index < -0.39 is 17.5 Å². The average molecular weight is 401 g/mol. The Labute approximate surface area is 166 Å². The van der Waals surface area contributed by atoms with Crippen LogP contribution in [-0.4, -0.2) is 42.8 Å². The van der Waals surface area contributed by atoms with E-state index in [4.69, 9.17) is 0 Å². The molecule has 2 aromatic rings. The summed E-state index contributed by atoms with van der Waals surface area (Å²) in [6.07, 6.45) is 0.852. The number of piperidine rings is 1. The third-order valence-electron chi connectivity index (χ3n) is 4.93. The quantitative estimate of drug-likeness (QED) is 0.827. The van der Waals surface area contributed by atoms with Gasteiger partial charge >= 0.3 is 0 Å². The summed E-state index contributed by atoms with van der Waals surface area (Å²) < 4.78 is 26.9. The second-order valence-corrected chi connectivity index (χ2v) is 6.84. The van der Waals surface area contributed by atoms with Crippen molar-refractivity contribution in [2.24, 2.45) is 5.92 Å². The van der Waals surface area contributed by atoms with Gasteiger partial charge in [0.15, 0.2) is 0 Å². The van der Waals surface area contributed by atoms with Gasteiger partial charge in [-0.05, 0) is 43.2 Å². The van der Waals surface area contributed by atoms with Gasteiger partial charge in [-0.25, -0.2) is 8.78 Å². The zero-order valence-electron chi connectivity index (χ0n) is 15.9.